The third-order valence-electron chi connectivity index (χ3n) is 1.24. The van der Waals surface area contributed by atoms with Crippen molar-refractivity contribution in [2.45, 2.75) is 6.61 Å². The van der Waals surface area contributed by atoms with Gasteiger partial charge in [0.1, 0.15) is 5.82 Å². The zero-order valence-electron chi connectivity index (χ0n) is 5.44. The summed E-state index contributed by atoms with van der Waals surface area (Å²) in [4.78, 5) is 0. The SMILES string of the molecule is OCc1cc(Br)cc(F)c1Cl. The topological polar surface area (TPSA) is 20.2 Å². The van der Waals surface area contributed by atoms with Crippen molar-refractivity contribution in [2.24, 2.45) is 0 Å². The molecule has 1 rings (SSSR count). The van der Waals surface area contributed by atoms with E-state index in [2.05, 4.69) is 15.9 Å². The molecular weight excluding hydrogens is 234 g/mol. The van der Waals surface area contributed by atoms with Crippen LogP contribution in [-0.4, -0.2) is 5.11 Å². The highest BCUT2D eigenvalue weighted by Crippen LogP contribution is 2.24. The Morgan fingerprint density at radius 1 is 1.55 bits per heavy atom. The van der Waals surface area contributed by atoms with Gasteiger partial charge in [0, 0.05) is 10.0 Å². The predicted octanol–water partition coefficient (Wildman–Crippen LogP) is 2.73. The second-order valence-corrected chi connectivity index (χ2v) is 3.31. The van der Waals surface area contributed by atoms with Crippen molar-refractivity contribution < 1.29 is 9.50 Å². The fraction of sp³-hybridized carbons (Fsp3) is 0.143. The number of aliphatic hydroxyl groups is 1. The minimum Gasteiger partial charge on any atom is -0.392 e. The second-order valence-electron chi connectivity index (χ2n) is 2.02. The quantitative estimate of drug-likeness (QED) is 0.747. The Morgan fingerprint density at radius 3 is 2.73 bits per heavy atom. The van der Waals surface area contributed by atoms with E-state index >= 15 is 0 Å². The van der Waals surface area contributed by atoms with Crippen molar-refractivity contribution in [1.29, 1.82) is 0 Å². The molecule has 60 valence electrons. The van der Waals surface area contributed by atoms with E-state index in [1.165, 1.54) is 6.07 Å². The lowest BCUT2D eigenvalue weighted by molar-refractivity contribution is 0.281. The second kappa shape index (κ2) is 3.52. The molecule has 0 aliphatic heterocycles. The molecule has 0 unspecified atom stereocenters. The number of rotatable bonds is 1. The molecule has 0 amide bonds. The number of halogens is 3. The van der Waals surface area contributed by atoms with E-state index in [9.17, 15) is 4.39 Å². The van der Waals surface area contributed by atoms with Gasteiger partial charge in [-0.15, -0.1) is 0 Å². The molecule has 1 nitrogen and oxygen atoms in total. The minimum atomic E-state index is -0.523. The molecule has 0 heterocycles. The van der Waals surface area contributed by atoms with Crippen molar-refractivity contribution in [2.75, 3.05) is 0 Å². The lowest BCUT2D eigenvalue weighted by atomic mass is 10.2. The molecular formula is C7H5BrClFO. The number of hydrogen-bond donors (Lipinski definition) is 1. The first kappa shape index (κ1) is 8.97. The van der Waals surface area contributed by atoms with E-state index in [1.54, 1.807) is 6.07 Å². The van der Waals surface area contributed by atoms with Crippen LogP contribution in [-0.2, 0) is 6.61 Å². The Hall–Kier alpha value is -0.120. The van der Waals surface area contributed by atoms with Crippen molar-refractivity contribution in [1.82, 2.24) is 0 Å². The standard InChI is InChI=1S/C7H5BrClFO/c8-5-1-4(3-11)7(9)6(10)2-5/h1-2,11H,3H2. The van der Waals surface area contributed by atoms with Gasteiger partial charge >= 0.3 is 0 Å². The third kappa shape index (κ3) is 1.92. The van der Waals surface area contributed by atoms with E-state index in [0.717, 1.165) is 0 Å². The first-order chi connectivity index (χ1) is 5.15. The molecule has 0 aliphatic rings. The van der Waals surface area contributed by atoms with E-state index in [0.29, 0.717) is 10.0 Å². The molecule has 0 saturated carbocycles. The van der Waals surface area contributed by atoms with Crippen molar-refractivity contribution in [3.63, 3.8) is 0 Å². The lowest BCUT2D eigenvalue weighted by Gasteiger charge is -2.01. The number of hydrogen-bond acceptors (Lipinski definition) is 1. The van der Waals surface area contributed by atoms with Gasteiger partial charge in [0.05, 0.1) is 11.6 Å². The lowest BCUT2D eigenvalue weighted by Crippen LogP contribution is -1.88. The van der Waals surface area contributed by atoms with Gasteiger partial charge in [0.25, 0.3) is 0 Å². The molecule has 1 aromatic rings. The summed E-state index contributed by atoms with van der Waals surface area (Å²) < 4.78 is 13.3. The van der Waals surface area contributed by atoms with Crippen molar-refractivity contribution >= 4 is 27.5 Å². The summed E-state index contributed by atoms with van der Waals surface area (Å²) in [5, 5.41) is 8.68. The zero-order chi connectivity index (χ0) is 8.43. The van der Waals surface area contributed by atoms with Crippen LogP contribution in [0.5, 0.6) is 0 Å². The van der Waals surface area contributed by atoms with Crippen LogP contribution >= 0.6 is 27.5 Å². The van der Waals surface area contributed by atoms with Gasteiger partial charge in [-0.3, -0.25) is 0 Å². The van der Waals surface area contributed by atoms with Crippen LogP contribution in [0.1, 0.15) is 5.56 Å². The summed E-state index contributed by atoms with van der Waals surface area (Å²) >= 11 is 8.59. The van der Waals surface area contributed by atoms with Crippen LogP contribution in [0.4, 0.5) is 4.39 Å². The molecule has 0 bridgehead atoms. The van der Waals surface area contributed by atoms with Crippen LogP contribution in [0.2, 0.25) is 5.02 Å². The summed E-state index contributed by atoms with van der Waals surface area (Å²) in [6, 6.07) is 2.83. The Labute approximate surface area is 76.9 Å². The summed E-state index contributed by atoms with van der Waals surface area (Å²) in [6.45, 7) is -0.255. The molecule has 1 N–H and O–H groups in total. The van der Waals surface area contributed by atoms with Crippen LogP contribution < -0.4 is 0 Å². The fourth-order valence-corrected chi connectivity index (χ4v) is 1.37. The highest BCUT2D eigenvalue weighted by molar-refractivity contribution is 9.10. The first-order valence-corrected chi connectivity index (χ1v) is 4.06. The van der Waals surface area contributed by atoms with E-state index in [-0.39, 0.29) is 11.6 Å². The molecule has 0 aromatic heterocycles. The summed E-state index contributed by atoms with van der Waals surface area (Å²) in [5.41, 5.74) is 0.388. The van der Waals surface area contributed by atoms with Crippen molar-refractivity contribution in [3.8, 4) is 0 Å². The average Bonchev–Trinajstić information content (AvgIpc) is 1.96. The molecule has 0 aliphatic carbocycles. The maximum absolute atomic E-state index is 12.8. The van der Waals surface area contributed by atoms with E-state index in [1.807, 2.05) is 0 Å². The first-order valence-electron chi connectivity index (χ1n) is 2.89. The highest BCUT2D eigenvalue weighted by atomic mass is 79.9. The van der Waals surface area contributed by atoms with Crippen LogP contribution in [0.3, 0.4) is 0 Å². The van der Waals surface area contributed by atoms with E-state index < -0.39 is 5.82 Å². The monoisotopic (exact) mass is 238 g/mol. The Balaban J connectivity index is 3.24. The maximum Gasteiger partial charge on any atom is 0.143 e. The number of benzene rings is 1. The summed E-state index contributed by atoms with van der Waals surface area (Å²) in [7, 11) is 0. The van der Waals surface area contributed by atoms with Crippen LogP contribution in [0.25, 0.3) is 0 Å². The van der Waals surface area contributed by atoms with E-state index in [4.69, 9.17) is 16.7 Å². The molecule has 1 aromatic carbocycles. The summed E-state index contributed by atoms with van der Waals surface area (Å²) in [6.07, 6.45) is 0. The molecule has 0 atom stereocenters. The Morgan fingerprint density at radius 2 is 2.18 bits per heavy atom. The molecule has 0 saturated heterocycles. The minimum absolute atomic E-state index is 0.0179. The Kier molecular flexibility index (Phi) is 2.87. The average molecular weight is 239 g/mol. The number of aliphatic hydroxyl groups excluding tert-OH is 1. The molecule has 11 heavy (non-hydrogen) atoms. The summed E-state index contributed by atoms with van der Waals surface area (Å²) in [5.74, 6) is -0.523. The van der Waals surface area contributed by atoms with Gasteiger partial charge in [-0.25, -0.2) is 4.39 Å². The predicted molar refractivity (Wildman–Crippen MR) is 45.0 cm³/mol. The molecule has 0 fully saturated rings. The normalized spacial score (nSPS) is 10.2. The molecule has 0 spiro atoms. The van der Waals surface area contributed by atoms with Gasteiger partial charge in [0.2, 0.25) is 0 Å². The highest BCUT2D eigenvalue weighted by Gasteiger charge is 2.06. The smallest absolute Gasteiger partial charge is 0.143 e. The van der Waals surface area contributed by atoms with Crippen LogP contribution in [0.15, 0.2) is 16.6 Å². The maximum atomic E-state index is 12.8. The van der Waals surface area contributed by atoms with Gasteiger partial charge in [-0.05, 0) is 12.1 Å². The van der Waals surface area contributed by atoms with Gasteiger partial charge in [-0.1, -0.05) is 27.5 Å². The van der Waals surface area contributed by atoms with Gasteiger partial charge in [-0.2, -0.15) is 0 Å². The Bertz CT molecular complexity index is 277. The molecule has 0 radical (unpaired) electrons. The largest absolute Gasteiger partial charge is 0.392 e. The fourth-order valence-electron chi connectivity index (χ4n) is 0.724. The zero-order valence-corrected chi connectivity index (χ0v) is 7.78. The van der Waals surface area contributed by atoms with Gasteiger partial charge < -0.3 is 5.11 Å². The van der Waals surface area contributed by atoms with Crippen LogP contribution in [0, 0.1) is 5.82 Å². The van der Waals surface area contributed by atoms with Crippen molar-refractivity contribution in [3.05, 3.63) is 33.0 Å². The van der Waals surface area contributed by atoms with Gasteiger partial charge in [0.15, 0.2) is 0 Å². The molecule has 4 heteroatoms. The third-order valence-corrected chi connectivity index (χ3v) is 2.12.